The molecule has 1 aromatic rings. The molecule has 6 rings (SSSR count). The highest BCUT2D eigenvalue weighted by atomic mass is 35.5. The Bertz CT molecular complexity index is 1440. The molecule has 1 saturated heterocycles. The topological polar surface area (TPSA) is 107 Å². The summed E-state index contributed by atoms with van der Waals surface area (Å²) in [5.41, 5.74) is -7.17. The summed E-state index contributed by atoms with van der Waals surface area (Å²) in [6.07, 6.45) is 0.264. The van der Waals surface area contributed by atoms with Gasteiger partial charge in [-0.2, -0.15) is 0 Å². The molecule has 1 aliphatic heterocycles. The Labute approximate surface area is 255 Å². The second kappa shape index (κ2) is 9.97. The normalized spacial score (nSPS) is 44.1. The maximum absolute atomic E-state index is 17.6. The van der Waals surface area contributed by atoms with E-state index in [0.29, 0.717) is 6.42 Å². The lowest BCUT2D eigenvalue weighted by molar-refractivity contribution is -0.221. The van der Waals surface area contributed by atoms with Gasteiger partial charge in [-0.15, -0.1) is 11.3 Å². The van der Waals surface area contributed by atoms with Crippen molar-refractivity contribution in [2.24, 2.45) is 28.6 Å². The first kappa shape index (κ1) is 30.0. The minimum atomic E-state index is -2.36. The number of alkyl halides is 2. The zero-order valence-corrected chi connectivity index (χ0v) is 25.6. The van der Waals surface area contributed by atoms with Gasteiger partial charge >= 0.3 is 11.9 Å². The van der Waals surface area contributed by atoms with Crippen molar-refractivity contribution < 1.29 is 42.5 Å². The molecule has 4 aliphatic carbocycles. The molecule has 1 N–H and O–H groups in total. The maximum Gasteiger partial charge on any atom is 0.350 e. The number of esters is 2. The smallest absolute Gasteiger partial charge is 0.350 e. The van der Waals surface area contributed by atoms with E-state index < -0.39 is 80.2 Å². The molecule has 0 bridgehead atoms. The number of carbonyl (C=O) groups is 4. The van der Waals surface area contributed by atoms with E-state index in [4.69, 9.17) is 21.1 Å². The zero-order valence-electron chi connectivity index (χ0n) is 23.2. The van der Waals surface area contributed by atoms with Crippen molar-refractivity contribution in [2.45, 2.75) is 75.2 Å². The average molecular weight is 641 g/mol. The van der Waals surface area contributed by atoms with Crippen molar-refractivity contribution >= 4 is 57.5 Å². The molecule has 0 unspecified atom stereocenters. The van der Waals surface area contributed by atoms with Gasteiger partial charge in [-0.3, -0.25) is 14.4 Å². The van der Waals surface area contributed by atoms with Crippen LogP contribution in [0.2, 0.25) is 5.02 Å². The second-order valence-corrected chi connectivity index (χ2v) is 15.1. The van der Waals surface area contributed by atoms with Crippen LogP contribution in [0.3, 0.4) is 0 Å². The number of allylic oxidation sites excluding steroid dienone is 4. The molecule has 12 heteroatoms. The summed E-state index contributed by atoms with van der Waals surface area (Å²) in [6.45, 7) is 5.08. The Morgan fingerprint density at radius 1 is 1.24 bits per heavy atom. The summed E-state index contributed by atoms with van der Waals surface area (Å²) in [5.74, 6) is -4.25. The van der Waals surface area contributed by atoms with Crippen LogP contribution < -0.4 is 0 Å². The van der Waals surface area contributed by atoms with Crippen molar-refractivity contribution in [3.05, 3.63) is 45.1 Å². The third kappa shape index (κ3) is 3.85. The quantitative estimate of drug-likeness (QED) is 0.434. The number of hydrogen-bond donors (Lipinski definition) is 1. The Balaban J connectivity index is 1.47. The molecular formula is C30H31ClF2O7S2. The van der Waals surface area contributed by atoms with Crippen molar-refractivity contribution in [3.8, 4) is 0 Å². The third-order valence-electron chi connectivity index (χ3n) is 10.7. The summed E-state index contributed by atoms with van der Waals surface area (Å²) in [6, 6.07) is 1.53. The van der Waals surface area contributed by atoms with Gasteiger partial charge in [0.25, 0.3) is 0 Å². The van der Waals surface area contributed by atoms with Crippen molar-refractivity contribution in [1.29, 1.82) is 0 Å². The number of cyclic esters (lactones) is 1. The lowest BCUT2D eigenvalue weighted by atomic mass is 9.44. The Morgan fingerprint density at radius 2 is 1.98 bits per heavy atom. The van der Waals surface area contributed by atoms with Crippen LogP contribution in [0.25, 0.3) is 0 Å². The van der Waals surface area contributed by atoms with Crippen LogP contribution in [0.5, 0.6) is 0 Å². The van der Waals surface area contributed by atoms with Gasteiger partial charge in [0.05, 0.1) is 17.7 Å². The SMILES string of the molecule is C[C@@H]1C[C@H]2[C@@H]3C[C@H](F)C4=CC(=O)C=C[C@]4(C)[C@@]3(F)[C@@H](O)C[C@]2(C)[C@@]1(OC(=O)c1sccc1Cl)C(=O)S[C@H]1CCOC1=O. The van der Waals surface area contributed by atoms with Crippen LogP contribution >= 0.6 is 34.7 Å². The van der Waals surface area contributed by atoms with E-state index in [1.165, 1.54) is 25.1 Å². The van der Waals surface area contributed by atoms with Gasteiger partial charge in [0, 0.05) is 29.1 Å². The number of ether oxygens (including phenoxy) is 2. The van der Waals surface area contributed by atoms with Crippen LogP contribution in [-0.4, -0.2) is 63.3 Å². The first-order valence-corrected chi connectivity index (χ1v) is 16.1. The van der Waals surface area contributed by atoms with E-state index in [1.54, 1.807) is 19.2 Å². The molecule has 5 aliphatic rings. The molecule has 0 spiro atoms. The van der Waals surface area contributed by atoms with Gasteiger partial charge < -0.3 is 14.6 Å². The minimum absolute atomic E-state index is 0.00106. The first-order chi connectivity index (χ1) is 19.7. The fraction of sp³-hybridized carbons (Fsp3) is 0.600. The largest absolute Gasteiger partial charge is 0.465 e. The lowest BCUT2D eigenvalue weighted by Crippen LogP contribution is -2.70. The van der Waals surface area contributed by atoms with Gasteiger partial charge in [-0.05, 0) is 61.3 Å². The van der Waals surface area contributed by atoms with Crippen LogP contribution in [-0.2, 0) is 23.9 Å². The van der Waals surface area contributed by atoms with Gasteiger partial charge in [0.2, 0.25) is 5.12 Å². The van der Waals surface area contributed by atoms with Crippen molar-refractivity contribution in [1.82, 2.24) is 0 Å². The van der Waals surface area contributed by atoms with Gasteiger partial charge in [-0.25, -0.2) is 13.6 Å². The maximum atomic E-state index is 17.6. The van der Waals surface area contributed by atoms with Gasteiger partial charge in [0.15, 0.2) is 17.1 Å². The number of rotatable bonds is 4. The number of aliphatic hydroxyl groups is 1. The number of halogens is 3. The first-order valence-electron chi connectivity index (χ1n) is 14.0. The van der Waals surface area contributed by atoms with E-state index in [9.17, 15) is 24.3 Å². The summed E-state index contributed by atoms with van der Waals surface area (Å²) in [5, 5.41) is 12.1. The summed E-state index contributed by atoms with van der Waals surface area (Å²) in [7, 11) is 0. The van der Waals surface area contributed by atoms with Crippen molar-refractivity contribution in [2.75, 3.05) is 6.61 Å². The lowest BCUT2D eigenvalue weighted by Gasteiger charge is -2.63. The number of carbonyl (C=O) groups excluding carboxylic acids is 4. The number of thioether (sulfide) groups is 1. The molecule has 226 valence electrons. The summed E-state index contributed by atoms with van der Waals surface area (Å²) in [4.78, 5) is 52.6. The van der Waals surface area contributed by atoms with Crippen LogP contribution in [0.4, 0.5) is 8.78 Å². The number of hydrogen-bond acceptors (Lipinski definition) is 9. The fourth-order valence-corrected chi connectivity index (χ4v) is 10.9. The van der Waals surface area contributed by atoms with Gasteiger partial charge in [0.1, 0.15) is 16.3 Å². The molecule has 0 amide bonds. The molecule has 10 atom stereocenters. The Kier molecular flexibility index (Phi) is 7.11. The van der Waals surface area contributed by atoms with E-state index >= 15 is 8.78 Å². The molecule has 2 heterocycles. The van der Waals surface area contributed by atoms with E-state index in [1.807, 2.05) is 0 Å². The predicted molar refractivity (Wildman–Crippen MR) is 153 cm³/mol. The number of fused-ring (bicyclic) bond motifs is 5. The molecule has 3 saturated carbocycles. The summed E-state index contributed by atoms with van der Waals surface area (Å²) < 4.78 is 44.8. The standard InChI is InChI=1S/C30H31ClF2O7S2/c1-14-10-16-17-12-20(32)18-11-15(34)4-7-27(18,2)29(17,33)22(35)13-28(16,3)30(14,26(38)42-21-5-8-39-24(21)36)40-25(37)23-19(31)6-9-41-23/h4,6-7,9,11,14,16-17,20-22,35H,5,8,10,12-13H2,1-3H3/t14-,16+,17+,20+,21+,22+,27+,28+,29+,30+/m1/s1. The number of thiophene rings is 1. The highest BCUT2D eigenvalue weighted by molar-refractivity contribution is 8.14. The van der Waals surface area contributed by atoms with Crippen LogP contribution in [0, 0.1) is 28.6 Å². The van der Waals surface area contributed by atoms with E-state index in [2.05, 4.69) is 0 Å². The average Bonchev–Trinajstić information content (AvgIpc) is 3.60. The zero-order chi connectivity index (χ0) is 30.4. The monoisotopic (exact) mass is 640 g/mol. The third-order valence-corrected chi connectivity index (χ3v) is 13.2. The Hall–Kier alpha value is -2.08. The van der Waals surface area contributed by atoms with Gasteiger partial charge in [-0.1, -0.05) is 43.3 Å². The van der Waals surface area contributed by atoms with Crippen molar-refractivity contribution in [3.63, 3.8) is 0 Å². The summed E-state index contributed by atoms with van der Waals surface area (Å²) >= 11 is 8.02. The van der Waals surface area contributed by atoms with Crippen LogP contribution in [0.1, 0.15) is 56.1 Å². The molecule has 0 aromatic carbocycles. The highest BCUT2D eigenvalue weighted by Crippen LogP contribution is 2.72. The molecule has 4 fully saturated rings. The van der Waals surface area contributed by atoms with E-state index in [-0.39, 0.29) is 41.3 Å². The molecular weight excluding hydrogens is 610 g/mol. The van der Waals surface area contributed by atoms with E-state index in [0.717, 1.165) is 29.2 Å². The molecule has 0 radical (unpaired) electrons. The number of aliphatic hydroxyl groups excluding tert-OH is 1. The molecule has 42 heavy (non-hydrogen) atoms. The molecule has 7 nitrogen and oxygen atoms in total. The Morgan fingerprint density at radius 3 is 2.62 bits per heavy atom. The minimum Gasteiger partial charge on any atom is -0.465 e. The predicted octanol–water partition coefficient (Wildman–Crippen LogP) is 5.44. The number of ketones is 1. The fourth-order valence-electron chi connectivity index (χ4n) is 8.65. The molecule has 1 aromatic heterocycles. The second-order valence-electron chi connectivity index (χ2n) is 12.6. The highest BCUT2D eigenvalue weighted by Gasteiger charge is 2.78. The van der Waals surface area contributed by atoms with Crippen LogP contribution in [0.15, 0.2) is 35.2 Å².